The maximum Gasteiger partial charge on any atom is 0.0216 e. The van der Waals surface area contributed by atoms with Gasteiger partial charge < -0.3 is 5.32 Å². The van der Waals surface area contributed by atoms with Crippen LogP contribution in [0.3, 0.4) is 0 Å². The van der Waals surface area contributed by atoms with E-state index in [4.69, 9.17) is 0 Å². The molecule has 86 valence electrons. The fourth-order valence-corrected chi connectivity index (χ4v) is 2.91. The van der Waals surface area contributed by atoms with Crippen LogP contribution in [0.2, 0.25) is 0 Å². The minimum atomic E-state index is 1.06. The van der Waals surface area contributed by atoms with E-state index in [9.17, 15) is 0 Å². The van der Waals surface area contributed by atoms with Crippen LogP contribution in [0.5, 0.6) is 0 Å². The van der Waals surface area contributed by atoms with E-state index in [1.807, 2.05) is 11.3 Å². The van der Waals surface area contributed by atoms with Crippen molar-refractivity contribution in [3.05, 3.63) is 21.4 Å². The first-order chi connectivity index (χ1) is 7.33. The highest BCUT2D eigenvalue weighted by Crippen LogP contribution is 2.24. The van der Waals surface area contributed by atoms with Gasteiger partial charge in [-0.2, -0.15) is 0 Å². The Balaban J connectivity index is 2.64. The quantitative estimate of drug-likeness (QED) is 0.697. The molecule has 1 nitrogen and oxygen atoms in total. The molecule has 0 amide bonds. The second-order valence-corrected chi connectivity index (χ2v) is 4.91. The molecule has 0 aliphatic heterocycles. The molecule has 15 heavy (non-hydrogen) atoms. The summed E-state index contributed by atoms with van der Waals surface area (Å²) in [5, 5.41) is 5.83. The minimum Gasteiger partial charge on any atom is -0.313 e. The van der Waals surface area contributed by atoms with Gasteiger partial charge in [0.25, 0.3) is 0 Å². The molecular formula is C13H23NS. The van der Waals surface area contributed by atoms with Crippen LogP contribution in [0.4, 0.5) is 0 Å². The summed E-state index contributed by atoms with van der Waals surface area (Å²) >= 11 is 1.93. The molecule has 0 aliphatic carbocycles. The Labute approximate surface area is 97.9 Å². The molecule has 0 unspecified atom stereocenters. The van der Waals surface area contributed by atoms with Gasteiger partial charge in [0.15, 0.2) is 0 Å². The standard InChI is InChI=1S/C13H23NS/c1-4-7-12-11(9-14-8-5-2)10-15-13(12)6-3/h10,14H,4-9H2,1-3H3. The third-order valence-electron chi connectivity index (χ3n) is 2.63. The molecular weight excluding hydrogens is 202 g/mol. The van der Waals surface area contributed by atoms with E-state index in [0.717, 1.165) is 13.1 Å². The second kappa shape index (κ2) is 7.02. The lowest BCUT2D eigenvalue weighted by Gasteiger charge is -2.06. The topological polar surface area (TPSA) is 12.0 Å². The lowest BCUT2D eigenvalue weighted by Crippen LogP contribution is -2.14. The van der Waals surface area contributed by atoms with Gasteiger partial charge in [-0.15, -0.1) is 11.3 Å². The fraction of sp³-hybridized carbons (Fsp3) is 0.692. The van der Waals surface area contributed by atoms with Crippen LogP contribution < -0.4 is 5.32 Å². The van der Waals surface area contributed by atoms with Crippen LogP contribution in [0.1, 0.15) is 49.6 Å². The molecule has 0 radical (unpaired) electrons. The zero-order chi connectivity index (χ0) is 11.1. The molecule has 0 aromatic carbocycles. The lowest BCUT2D eigenvalue weighted by molar-refractivity contribution is 0.671. The van der Waals surface area contributed by atoms with E-state index < -0.39 is 0 Å². The van der Waals surface area contributed by atoms with E-state index in [2.05, 4.69) is 31.5 Å². The van der Waals surface area contributed by atoms with E-state index in [0.29, 0.717) is 0 Å². The summed E-state index contributed by atoms with van der Waals surface area (Å²) in [5.74, 6) is 0. The molecule has 0 saturated heterocycles. The molecule has 1 aromatic heterocycles. The molecule has 1 heterocycles. The number of hydrogen-bond acceptors (Lipinski definition) is 2. The summed E-state index contributed by atoms with van der Waals surface area (Å²) in [6, 6.07) is 0. The van der Waals surface area contributed by atoms with Crippen LogP contribution in [-0.4, -0.2) is 6.54 Å². The Morgan fingerprint density at radius 3 is 2.60 bits per heavy atom. The van der Waals surface area contributed by atoms with E-state index >= 15 is 0 Å². The predicted octanol–water partition coefficient (Wildman–Crippen LogP) is 3.76. The van der Waals surface area contributed by atoms with Crippen molar-refractivity contribution >= 4 is 11.3 Å². The second-order valence-electron chi connectivity index (χ2n) is 3.94. The summed E-state index contributed by atoms with van der Waals surface area (Å²) in [7, 11) is 0. The van der Waals surface area contributed by atoms with Gasteiger partial charge in [0, 0.05) is 11.4 Å². The first kappa shape index (κ1) is 12.7. The fourth-order valence-electron chi connectivity index (χ4n) is 1.86. The Morgan fingerprint density at radius 1 is 1.20 bits per heavy atom. The maximum absolute atomic E-state index is 3.49. The third kappa shape index (κ3) is 3.62. The predicted molar refractivity (Wildman–Crippen MR) is 69.7 cm³/mol. The first-order valence-electron chi connectivity index (χ1n) is 6.12. The average molecular weight is 225 g/mol. The zero-order valence-corrected chi connectivity index (χ0v) is 11.0. The molecule has 0 fully saturated rings. The highest BCUT2D eigenvalue weighted by molar-refractivity contribution is 7.10. The molecule has 1 rings (SSSR count). The summed E-state index contributed by atoms with van der Waals surface area (Å²) in [6.07, 6.45) is 4.90. The van der Waals surface area contributed by atoms with Crippen molar-refractivity contribution in [1.82, 2.24) is 5.32 Å². The Bertz CT molecular complexity index is 278. The van der Waals surface area contributed by atoms with Crippen molar-refractivity contribution in [3.8, 4) is 0 Å². The summed E-state index contributed by atoms with van der Waals surface area (Å²) in [5.41, 5.74) is 3.15. The van der Waals surface area contributed by atoms with Gasteiger partial charge in [0.1, 0.15) is 0 Å². The lowest BCUT2D eigenvalue weighted by atomic mass is 10.0. The van der Waals surface area contributed by atoms with Gasteiger partial charge in [-0.25, -0.2) is 0 Å². The normalized spacial score (nSPS) is 10.9. The highest BCUT2D eigenvalue weighted by Gasteiger charge is 2.08. The Morgan fingerprint density at radius 2 is 2.00 bits per heavy atom. The van der Waals surface area contributed by atoms with E-state index in [1.165, 1.54) is 31.2 Å². The van der Waals surface area contributed by atoms with Gasteiger partial charge >= 0.3 is 0 Å². The number of nitrogens with one attached hydrogen (secondary N) is 1. The number of aryl methyl sites for hydroxylation is 1. The summed E-state index contributed by atoms with van der Waals surface area (Å²) in [6.45, 7) is 8.92. The van der Waals surface area contributed by atoms with Gasteiger partial charge in [-0.1, -0.05) is 27.2 Å². The van der Waals surface area contributed by atoms with Crippen LogP contribution in [0.25, 0.3) is 0 Å². The van der Waals surface area contributed by atoms with Crippen LogP contribution >= 0.6 is 11.3 Å². The molecule has 2 heteroatoms. The monoisotopic (exact) mass is 225 g/mol. The zero-order valence-electron chi connectivity index (χ0n) is 10.2. The Kier molecular flexibility index (Phi) is 5.96. The smallest absolute Gasteiger partial charge is 0.0216 e. The van der Waals surface area contributed by atoms with Crippen LogP contribution in [-0.2, 0) is 19.4 Å². The summed E-state index contributed by atoms with van der Waals surface area (Å²) in [4.78, 5) is 1.59. The maximum atomic E-state index is 3.49. The molecule has 1 N–H and O–H groups in total. The van der Waals surface area contributed by atoms with E-state index in [1.54, 1.807) is 10.4 Å². The first-order valence-corrected chi connectivity index (χ1v) is 7.00. The number of rotatable bonds is 7. The van der Waals surface area contributed by atoms with Crippen molar-refractivity contribution in [2.75, 3.05) is 6.54 Å². The van der Waals surface area contributed by atoms with Crippen molar-refractivity contribution < 1.29 is 0 Å². The molecule has 0 saturated carbocycles. The third-order valence-corrected chi connectivity index (χ3v) is 3.85. The highest BCUT2D eigenvalue weighted by atomic mass is 32.1. The molecule has 0 bridgehead atoms. The van der Waals surface area contributed by atoms with Crippen LogP contribution in [0.15, 0.2) is 5.38 Å². The number of thiophene rings is 1. The summed E-state index contributed by atoms with van der Waals surface area (Å²) < 4.78 is 0. The molecule has 1 aromatic rings. The van der Waals surface area contributed by atoms with Crippen molar-refractivity contribution in [1.29, 1.82) is 0 Å². The molecule has 0 atom stereocenters. The number of hydrogen-bond donors (Lipinski definition) is 1. The van der Waals surface area contributed by atoms with Gasteiger partial charge in [0.05, 0.1) is 0 Å². The van der Waals surface area contributed by atoms with Crippen LogP contribution in [0, 0.1) is 0 Å². The van der Waals surface area contributed by atoms with Gasteiger partial charge in [0.2, 0.25) is 0 Å². The van der Waals surface area contributed by atoms with Crippen molar-refractivity contribution in [2.24, 2.45) is 0 Å². The largest absolute Gasteiger partial charge is 0.313 e. The van der Waals surface area contributed by atoms with Gasteiger partial charge in [-0.3, -0.25) is 0 Å². The molecule has 0 spiro atoms. The average Bonchev–Trinajstić information content (AvgIpc) is 2.62. The SMILES string of the molecule is CCCNCc1csc(CC)c1CCC. The van der Waals surface area contributed by atoms with Crippen molar-refractivity contribution in [3.63, 3.8) is 0 Å². The van der Waals surface area contributed by atoms with Gasteiger partial charge in [-0.05, 0) is 42.3 Å². The Hall–Kier alpha value is -0.340. The van der Waals surface area contributed by atoms with E-state index in [-0.39, 0.29) is 0 Å². The molecule has 0 aliphatic rings. The minimum absolute atomic E-state index is 1.06. The van der Waals surface area contributed by atoms with Crippen molar-refractivity contribution in [2.45, 2.75) is 53.0 Å².